The Morgan fingerprint density at radius 1 is 0.755 bits per heavy atom. The SMILES string of the molecule is O=C1C2CC3C(=CCC4C(=O)N(c5ccc(Cl)cc5)C(=O)C43)C(c3ccc4ccccc4c3O)C2(c2ccc(Cl)cc2)C(=O)N1Nc1ccc(F)cc1. The molecule has 0 radical (unpaired) electrons. The highest BCUT2D eigenvalue weighted by atomic mass is 35.5. The van der Waals surface area contributed by atoms with Crippen molar-refractivity contribution < 1.29 is 28.7 Å². The van der Waals surface area contributed by atoms with Crippen molar-refractivity contribution in [3.8, 4) is 5.75 Å². The first kappa shape index (κ1) is 33.3. The molecule has 4 aliphatic rings. The van der Waals surface area contributed by atoms with E-state index < -0.39 is 58.5 Å². The number of fused-ring (bicyclic) bond motifs is 5. The van der Waals surface area contributed by atoms with Crippen LogP contribution in [0.4, 0.5) is 15.8 Å². The number of phenolic OH excluding ortho intramolecular Hbond substituents is 1. The van der Waals surface area contributed by atoms with Crippen molar-refractivity contribution in [2.24, 2.45) is 23.7 Å². The number of anilines is 2. The molecule has 6 unspecified atom stereocenters. The van der Waals surface area contributed by atoms with Gasteiger partial charge in [0.25, 0.3) is 11.8 Å². The van der Waals surface area contributed by atoms with Gasteiger partial charge in [0.2, 0.25) is 11.8 Å². The third-order valence-electron chi connectivity index (χ3n) is 11.6. The first-order valence-corrected chi connectivity index (χ1v) is 18.1. The van der Waals surface area contributed by atoms with Gasteiger partial charge in [-0.15, -0.1) is 0 Å². The lowest BCUT2D eigenvalue weighted by Gasteiger charge is -2.50. The van der Waals surface area contributed by atoms with E-state index in [9.17, 15) is 23.9 Å². The summed E-state index contributed by atoms with van der Waals surface area (Å²) in [5.74, 6) is -6.53. The topological polar surface area (TPSA) is 107 Å². The Morgan fingerprint density at radius 2 is 1.43 bits per heavy atom. The van der Waals surface area contributed by atoms with Crippen LogP contribution in [-0.2, 0) is 24.6 Å². The molecular weight excluding hydrogens is 716 g/mol. The molecule has 2 saturated heterocycles. The van der Waals surface area contributed by atoms with Crippen molar-refractivity contribution in [3.05, 3.63) is 148 Å². The molecule has 2 N–H and O–H groups in total. The normalized spacial score (nSPS) is 26.4. The van der Waals surface area contributed by atoms with Crippen LogP contribution in [0.1, 0.15) is 29.9 Å². The minimum absolute atomic E-state index is 0.0503. The highest BCUT2D eigenvalue weighted by Gasteiger charge is 2.70. The van der Waals surface area contributed by atoms with Gasteiger partial charge in [0.15, 0.2) is 0 Å². The minimum atomic E-state index is -1.62. The highest BCUT2D eigenvalue weighted by molar-refractivity contribution is 6.31. The van der Waals surface area contributed by atoms with Crippen molar-refractivity contribution in [2.45, 2.75) is 24.2 Å². The van der Waals surface area contributed by atoms with Gasteiger partial charge < -0.3 is 5.11 Å². The summed E-state index contributed by atoms with van der Waals surface area (Å²) < 4.78 is 13.9. The lowest BCUT2D eigenvalue weighted by molar-refractivity contribution is -0.138. The Hall–Kier alpha value is -5.51. The largest absolute Gasteiger partial charge is 0.507 e. The Balaban J connectivity index is 1.27. The summed E-state index contributed by atoms with van der Waals surface area (Å²) in [6, 6.07) is 29.6. The first-order valence-electron chi connectivity index (χ1n) is 17.3. The summed E-state index contributed by atoms with van der Waals surface area (Å²) in [7, 11) is 0. The Bertz CT molecular complexity index is 2400. The summed E-state index contributed by atoms with van der Waals surface area (Å²) >= 11 is 12.5. The van der Waals surface area contributed by atoms with E-state index in [1.54, 1.807) is 60.7 Å². The number of carbonyl (C=O) groups is 4. The van der Waals surface area contributed by atoms with Crippen LogP contribution in [0, 0.1) is 29.5 Å². The average molecular weight is 747 g/mol. The zero-order valence-electron chi connectivity index (χ0n) is 27.9. The molecule has 53 heavy (non-hydrogen) atoms. The molecule has 11 heteroatoms. The second kappa shape index (κ2) is 12.3. The molecule has 3 fully saturated rings. The van der Waals surface area contributed by atoms with Crippen LogP contribution in [0.3, 0.4) is 0 Å². The molecule has 2 aliphatic heterocycles. The summed E-state index contributed by atoms with van der Waals surface area (Å²) in [5, 5.41) is 15.3. The van der Waals surface area contributed by atoms with Crippen molar-refractivity contribution in [1.29, 1.82) is 0 Å². The number of imide groups is 2. The fourth-order valence-corrected chi connectivity index (χ4v) is 9.60. The average Bonchev–Trinajstić information content (AvgIpc) is 3.54. The molecule has 264 valence electrons. The molecule has 2 aliphatic carbocycles. The van der Waals surface area contributed by atoms with Crippen molar-refractivity contribution in [2.75, 3.05) is 10.3 Å². The lowest BCUT2D eigenvalue weighted by atomic mass is 9.49. The number of nitrogens with one attached hydrogen (secondary N) is 1. The number of hydrogen-bond donors (Lipinski definition) is 2. The molecule has 2 heterocycles. The van der Waals surface area contributed by atoms with E-state index in [1.807, 2.05) is 30.3 Å². The second-order valence-electron chi connectivity index (χ2n) is 14.1. The van der Waals surface area contributed by atoms with Gasteiger partial charge in [-0.05, 0) is 90.4 Å². The fraction of sp³-hybridized carbons (Fsp3) is 0.190. The van der Waals surface area contributed by atoms with Crippen LogP contribution in [0.5, 0.6) is 5.75 Å². The molecule has 0 spiro atoms. The number of hydrogen-bond acceptors (Lipinski definition) is 6. The second-order valence-corrected chi connectivity index (χ2v) is 15.0. The van der Waals surface area contributed by atoms with E-state index >= 15 is 4.79 Å². The molecular formula is C42H30Cl2FN3O5. The summed E-state index contributed by atoms with van der Waals surface area (Å²) in [6.45, 7) is 0. The van der Waals surface area contributed by atoms with E-state index in [0.717, 1.165) is 10.4 Å². The number of carbonyl (C=O) groups excluding carboxylic acids is 4. The van der Waals surface area contributed by atoms with Gasteiger partial charge in [-0.3, -0.25) is 29.5 Å². The van der Waals surface area contributed by atoms with Crippen LogP contribution in [-0.4, -0.2) is 33.7 Å². The van der Waals surface area contributed by atoms with E-state index in [4.69, 9.17) is 23.2 Å². The maximum Gasteiger partial charge on any atom is 0.260 e. The molecule has 5 aromatic rings. The van der Waals surface area contributed by atoms with Gasteiger partial charge >= 0.3 is 0 Å². The molecule has 6 atom stereocenters. The monoisotopic (exact) mass is 745 g/mol. The quantitative estimate of drug-likeness (QED) is 0.139. The number of aromatic hydroxyl groups is 1. The molecule has 4 amide bonds. The van der Waals surface area contributed by atoms with E-state index in [0.29, 0.717) is 43.5 Å². The van der Waals surface area contributed by atoms with Gasteiger partial charge in [0.1, 0.15) is 11.6 Å². The van der Waals surface area contributed by atoms with E-state index in [2.05, 4.69) is 5.43 Å². The highest BCUT2D eigenvalue weighted by Crippen LogP contribution is 2.65. The number of rotatable bonds is 5. The van der Waals surface area contributed by atoms with Gasteiger partial charge in [0.05, 0.1) is 34.5 Å². The maximum atomic E-state index is 15.4. The zero-order chi connectivity index (χ0) is 36.8. The molecule has 9 rings (SSSR count). The van der Waals surface area contributed by atoms with Crippen molar-refractivity contribution in [1.82, 2.24) is 5.01 Å². The van der Waals surface area contributed by atoms with Crippen LogP contribution in [0.25, 0.3) is 10.8 Å². The van der Waals surface area contributed by atoms with Crippen LogP contribution in [0.2, 0.25) is 10.0 Å². The zero-order valence-corrected chi connectivity index (χ0v) is 29.4. The van der Waals surface area contributed by atoms with Crippen molar-refractivity contribution >= 4 is 69.0 Å². The van der Waals surface area contributed by atoms with Gasteiger partial charge in [0, 0.05) is 26.9 Å². The molecule has 5 aromatic carbocycles. The standard InChI is InChI=1S/C42H30Cl2FN3O5/c43-24-8-6-23(7-9-24)42-34(39(51)48(41(42)53)46-27-14-12-26(45)13-15-27)21-33-30(36(42)32-18-5-22-3-1-2-4-29(22)37(32)49)19-20-31-35(33)40(52)47(38(31)50)28-16-10-25(44)11-17-28/h1-19,31,33-36,46,49H,20-21H2. The van der Waals surface area contributed by atoms with Crippen LogP contribution < -0.4 is 10.3 Å². The third-order valence-corrected chi connectivity index (χ3v) is 12.1. The predicted molar refractivity (Wildman–Crippen MR) is 199 cm³/mol. The van der Waals surface area contributed by atoms with Gasteiger partial charge in [-0.1, -0.05) is 83.4 Å². The summed E-state index contributed by atoms with van der Waals surface area (Å²) in [6.07, 6.45) is 2.22. The first-order chi connectivity index (χ1) is 25.6. The van der Waals surface area contributed by atoms with E-state index in [1.165, 1.54) is 29.2 Å². The number of amides is 4. The molecule has 0 aromatic heterocycles. The number of benzene rings is 5. The molecule has 0 bridgehead atoms. The maximum absolute atomic E-state index is 15.4. The van der Waals surface area contributed by atoms with Gasteiger partial charge in [-0.25, -0.2) is 4.39 Å². The minimum Gasteiger partial charge on any atom is -0.507 e. The Kier molecular flexibility index (Phi) is 7.73. The summed E-state index contributed by atoms with van der Waals surface area (Å²) in [4.78, 5) is 60.0. The smallest absolute Gasteiger partial charge is 0.260 e. The third kappa shape index (κ3) is 4.87. The number of halogens is 3. The van der Waals surface area contributed by atoms with E-state index in [-0.39, 0.29) is 24.5 Å². The molecule has 1 saturated carbocycles. The predicted octanol–water partition coefficient (Wildman–Crippen LogP) is 8.18. The fourth-order valence-electron chi connectivity index (χ4n) is 9.35. The van der Waals surface area contributed by atoms with Crippen molar-refractivity contribution in [3.63, 3.8) is 0 Å². The number of allylic oxidation sites excluding steroid dienone is 2. The Morgan fingerprint density at radius 3 is 2.15 bits per heavy atom. The van der Waals surface area contributed by atoms with Gasteiger partial charge in [-0.2, -0.15) is 5.01 Å². The number of phenols is 1. The number of nitrogens with zero attached hydrogens (tertiary/aromatic N) is 2. The summed E-state index contributed by atoms with van der Waals surface area (Å²) in [5.41, 5.74) is 3.65. The van der Waals surface area contributed by atoms with Crippen LogP contribution >= 0.6 is 23.2 Å². The molecule has 8 nitrogen and oxygen atoms in total. The van der Waals surface area contributed by atoms with Crippen LogP contribution in [0.15, 0.2) is 121 Å². The Labute approximate surface area is 313 Å². The number of hydrazine groups is 1. The lowest BCUT2D eigenvalue weighted by Crippen LogP contribution is -2.53.